The molecule has 0 radical (unpaired) electrons. The van der Waals surface area contributed by atoms with Gasteiger partial charge in [0.2, 0.25) is 0 Å². The van der Waals surface area contributed by atoms with Crippen LogP contribution in [0.15, 0.2) is 59.5 Å². The standard InChI is InChI=1S/C17H16O2S/c1-13-2-9-16(10-3-13)20-12-15-6-4-14(5-7-15)8-11-17(18)19/h2-11H,12H2,1H3,(H,18,19). The molecular formula is C17H16O2S. The molecule has 0 saturated carbocycles. The number of carbonyl (C=O) groups is 1. The van der Waals surface area contributed by atoms with Crippen molar-refractivity contribution in [3.8, 4) is 0 Å². The molecule has 0 amide bonds. The van der Waals surface area contributed by atoms with Crippen LogP contribution in [0.4, 0.5) is 0 Å². The molecule has 0 bridgehead atoms. The molecule has 2 aromatic rings. The van der Waals surface area contributed by atoms with E-state index < -0.39 is 5.97 Å². The summed E-state index contributed by atoms with van der Waals surface area (Å²) < 4.78 is 0. The second kappa shape index (κ2) is 6.96. The summed E-state index contributed by atoms with van der Waals surface area (Å²) in [5, 5.41) is 8.57. The maximum Gasteiger partial charge on any atom is 0.328 e. The molecule has 0 fully saturated rings. The molecule has 2 nitrogen and oxygen atoms in total. The summed E-state index contributed by atoms with van der Waals surface area (Å²) in [6.45, 7) is 2.08. The number of carboxylic acid groups (broad SMARTS) is 1. The van der Waals surface area contributed by atoms with Gasteiger partial charge >= 0.3 is 5.97 Å². The van der Waals surface area contributed by atoms with Crippen molar-refractivity contribution in [1.82, 2.24) is 0 Å². The van der Waals surface area contributed by atoms with Gasteiger partial charge in [0.1, 0.15) is 0 Å². The van der Waals surface area contributed by atoms with Crippen LogP contribution in [0.25, 0.3) is 6.08 Å². The Morgan fingerprint density at radius 2 is 1.75 bits per heavy atom. The Balaban J connectivity index is 1.93. The number of thioether (sulfide) groups is 1. The molecule has 0 aliphatic carbocycles. The number of rotatable bonds is 5. The highest BCUT2D eigenvalue weighted by Gasteiger charge is 1.97. The van der Waals surface area contributed by atoms with Crippen LogP contribution in [0.5, 0.6) is 0 Å². The summed E-state index contributed by atoms with van der Waals surface area (Å²) in [4.78, 5) is 11.7. The highest BCUT2D eigenvalue weighted by Crippen LogP contribution is 2.23. The van der Waals surface area contributed by atoms with Crippen LogP contribution in [0.2, 0.25) is 0 Å². The summed E-state index contributed by atoms with van der Waals surface area (Å²) in [7, 11) is 0. The summed E-state index contributed by atoms with van der Waals surface area (Å²) in [6, 6.07) is 16.4. The van der Waals surface area contributed by atoms with Crippen LogP contribution < -0.4 is 0 Å². The topological polar surface area (TPSA) is 37.3 Å². The molecule has 0 aliphatic rings. The van der Waals surface area contributed by atoms with Crippen molar-refractivity contribution < 1.29 is 9.90 Å². The van der Waals surface area contributed by atoms with E-state index in [-0.39, 0.29) is 0 Å². The third-order valence-electron chi connectivity index (χ3n) is 2.82. The van der Waals surface area contributed by atoms with E-state index in [1.54, 1.807) is 17.8 Å². The lowest BCUT2D eigenvalue weighted by atomic mass is 10.1. The zero-order valence-corrected chi connectivity index (χ0v) is 12.1. The first-order chi connectivity index (χ1) is 9.63. The zero-order chi connectivity index (χ0) is 14.4. The minimum atomic E-state index is -0.927. The fourth-order valence-corrected chi connectivity index (χ4v) is 2.55. The molecular weight excluding hydrogens is 268 g/mol. The summed E-state index contributed by atoms with van der Waals surface area (Å²) in [5.41, 5.74) is 3.39. The van der Waals surface area contributed by atoms with Crippen LogP contribution in [0.1, 0.15) is 16.7 Å². The van der Waals surface area contributed by atoms with Crippen LogP contribution in [-0.2, 0) is 10.5 Å². The van der Waals surface area contributed by atoms with Crippen LogP contribution >= 0.6 is 11.8 Å². The average molecular weight is 284 g/mol. The number of benzene rings is 2. The van der Waals surface area contributed by atoms with E-state index in [4.69, 9.17) is 5.11 Å². The third-order valence-corrected chi connectivity index (χ3v) is 3.91. The zero-order valence-electron chi connectivity index (χ0n) is 11.2. The van der Waals surface area contributed by atoms with Gasteiger partial charge in [-0.15, -0.1) is 11.8 Å². The first-order valence-electron chi connectivity index (χ1n) is 6.33. The van der Waals surface area contributed by atoms with Crippen molar-refractivity contribution in [1.29, 1.82) is 0 Å². The fraction of sp³-hybridized carbons (Fsp3) is 0.118. The van der Waals surface area contributed by atoms with E-state index >= 15 is 0 Å². The van der Waals surface area contributed by atoms with Crippen molar-refractivity contribution in [2.45, 2.75) is 17.6 Å². The second-order valence-electron chi connectivity index (χ2n) is 4.51. The van der Waals surface area contributed by atoms with Gasteiger partial charge in [0.15, 0.2) is 0 Å². The van der Waals surface area contributed by atoms with Gasteiger partial charge in [-0.25, -0.2) is 4.79 Å². The summed E-state index contributed by atoms with van der Waals surface area (Å²) in [5.74, 6) is -0.0181. The van der Waals surface area contributed by atoms with Crippen LogP contribution in [-0.4, -0.2) is 11.1 Å². The number of aryl methyl sites for hydroxylation is 1. The molecule has 2 aromatic carbocycles. The molecule has 0 saturated heterocycles. The molecule has 0 atom stereocenters. The lowest BCUT2D eigenvalue weighted by molar-refractivity contribution is -0.131. The van der Waals surface area contributed by atoms with Crippen molar-refractivity contribution in [2.75, 3.05) is 0 Å². The summed E-state index contributed by atoms with van der Waals surface area (Å²) in [6.07, 6.45) is 2.75. The molecule has 20 heavy (non-hydrogen) atoms. The van der Waals surface area contributed by atoms with Gasteiger partial charge in [0.05, 0.1) is 0 Å². The summed E-state index contributed by atoms with van der Waals surface area (Å²) >= 11 is 1.79. The molecule has 102 valence electrons. The molecule has 0 aromatic heterocycles. The minimum Gasteiger partial charge on any atom is -0.478 e. The normalized spacial score (nSPS) is 10.8. The van der Waals surface area contributed by atoms with Gasteiger partial charge in [0.25, 0.3) is 0 Å². The Labute approximate surface area is 123 Å². The maximum absolute atomic E-state index is 10.4. The largest absolute Gasteiger partial charge is 0.478 e. The van der Waals surface area contributed by atoms with E-state index in [0.717, 1.165) is 17.4 Å². The van der Waals surface area contributed by atoms with Crippen molar-refractivity contribution >= 4 is 23.8 Å². The number of aliphatic carboxylic acids is 1. The monoisotopic (exact) mass is 284 g/mol. The average Bonchev–Trinajstić information content (AvgIpc) is 2.45. The van der Waals surface area contributed by atoms with Crippen molar-refractivity contribution in [3.63, 3.8) is 0 Å². The predicted molar refractivity (Wildman–Crippen MR) is 83.9 cm³/mol. The molecule has 1 N–H and O–H groups in total. The Bertz CT molecular complexity index is 598. The first kappa shape index (κ1) is 14.4. The van der Waals surface area contributed by atoms with E-state index in [9.17, 15) is 4.79 Å². The Hall–Kier alpha value is -2.00. The second-order valence-corrected chi connectivity index (χ2v) is 5.56. The Kier molecular flexibility index (Phi) is 5.02. The number of carboxylic acids is 1. The number of hydrogen-bond acceptors (Lipinski definition) is 2. The molecule has 0 aliphatic heterocycles. The number of hydrogen-bond donors (Lipinski definition) is 1. The minimum absolute atomic E-state index is 0.900. The SMILES string of the molecule is Cc1ccc(SCc2ccc(C=CC(=O)O)cc2)cc1. The van der Waals surface area contributed by atoms with Gasteiger partial charge in [-0.3, -0.25) is 0 Å². The highest BCUT2D eigenvalue weighted by molar-refractivity contribution is 7.98. The van der Waals surface area contributed by atoms with E-state index in [2.05, 4.69) is 31.2 Å². The third kappa shape index (κ3) is 4.59. The van der Waals surface area contributed by atoms with Crippen LogP contribution in [0.3, 0.4) is 0 Å². The molecule has 0 heterocycles. The van der Waals surface area contributed by atoms with Gasteiger partial charge < -0.3 is 5.11 Å². The molecule has 0 unspecified atom stereocenters. The van der Waals surface area contributed by atoms with E-state index in [1.807, 2.05) is 24.3 Å². The first-order valence-corrected chi connectivity index (χ1v) is 7.31. The van der Waals surface area contributed by atoms with Gasteiger partial charge in [-0.05, 0) is 36.3 Å². The molecule has 0 spiro atoms. The predicted octanol–water partition coefficient (Wildman–Crippen LogP) is 4.39. The van der Waals surface area contributed by atoms with Crippen molar-refractivity contribution in [3.05, 3.63) is 71.3 Å². The fourth-order valence-electron chi connectivity index (χ4n) is 1.69. The molecule has 2 rings (SSSR count). The van der Waals surface area contributed by atoms with Gasteiger partial charge in [-0.1, -0.05) is 42.0 Å². The van der Waals surface area contributed by atoms with E-state index in [0.29, 0.717) is 0 Å². The van der Waals surface area contributed by atoms with Crippen molar-refractivity contribution in [2.24, 2.45) is 0 Å². The maximum atomic E-state index is 10.4. The Morgan fingerprint density at radius 3 is 2.35 bits per heavy atom. The van der Waals surface area contributed by atoms with Crippen LogP contribution in [0, 0.1) is 6.92 Å². The highest BCUT2D eigenvalue weighted by atomic mass is 32.2. The lowest BCUT2D eigenvalue weighted by Crippen LogP contribution is -1.86. The van der Waals surface area contributed by atoms with Gasteiger partial charge in [0, 0.05) is 16.7 Å². The Morgan fingerprint density at radius 1 is 1.10 bits per heavy atom. The smallest absolute Gasteiger partial charge is 0.328 e. The molecule has 3 heteroatoms. The quantitative estimate of drug-likeness (QED) is 0.653. The van der Waals surface area contributed by atoms with E-state index in [1.165, 1.54) is 16.0 Å². The lowest BCUT2D eigenvalue weighted by Gasteiger charge is -2.03. The van der Waals surface area contributed by atoms with Gasteiger partial charge in [-0.2, -0.15) is 0 Å².